The second-order valence-corrected chi connectivity index (χ2v) is 6.02. The van der Waals surface area contributed by atoms with Gasteiger partial charge in [0, 0.05) is 19.1 Å². The van der Waals surface area contributed by atoms with E-state index in [-0.39, 0.29) is 0 Å². The predicted molar refractivity (Wildman–Crippen MR) is 82.4 cm³/mol. The topological polar surface area (TPSA) is 39.1 Å². The summed E-state index contributed by atoms with van der Waals surface area (Å²) in [5, 5.41) is 8.86. The first-order valence-corrected chi connectivity index (χ1v) is 8.07. The van der Waals surface area contributed by atoms with E-state index < -0.39 is 0 Å². The van der Waals surface area contributed by atoms with Gasteiger partial charge in [-0.05, 0) is 32.2 Å². The third-order valence-corrected chi connectivity index (χ3v) is 4.38. The molecule has 114 valence electrons. The summed E-state index contributed by atoms with van der Waals surface area (Å²) in [6.07, 6.45) is 7.88. The molecule has 5 heteroatoms. The first-order chi connectivity index (χ1) is 9.76. The van der Waals surface area contributed by atoms with E-state index in [4.69, 9.17) is 16.3 Å². The normalized spacial score (nSPS) is 23.1. The minimum absolute atomic E-state index is 0.518. The van der Waals surface area contributed by atoms with Gasteiger partial charge in [0.1, 0.15) is 0 Å². The lowest BCUT2D eigenvalue weighted by Crippen LogP contribution is -2.34. The van der Waals surface area contributed by atoms with E-state index in [0.29, 0.717) is 18.6 Å². The van der Waals surface area contributed by atoms with Crippen LogP contribution >= 0.6 is 11.6 Å². The summed E-state index contributed by atoms with van der Waals surface area (Å²) in [6.45, 7) is 4.77. The number of rotatable bonds is 7. The van der Waals surface area contributed by atoms with E-state index in [0.717, 1.165) is 18.1 Å². The Labute approximate surface area is 126 Å². The first kappa shape index (κ1) is 15.8. The molecule has 2 unspecified atom stereocenters. The Bertz CT molecular complexity index is 408. The van der Waals surface area contributed by atoms with E-state index in [9.17, 15) is 0 Å². The van der Waals surface area contributed by atoms with Crippen molar-refractivity contribution in [3.05, 3.63) is 16.9 Å². The largest absolute Gasteiger partial charge is 0.383 e. The maximum atomic E-state index is 6.36. The van der Waals surface area contributed by atoms with Crippen LogP contribution in [0.4, 0.5) is 0 Å². The molecule has 4 nitrogen and oxygen atoms in total. The summed E-state index contributed by atoms with van der Waals surface area (Å²) < 4.78 is 7.18. The molecule has 0 saturated heterocycles. The maximum absolute atomic E-state index is 6.36. The van der Waals surface area contributed by atoms with Gasteiger partial charge in [0.2, 0.25) is 0 Å². The summed E-state index contributed by atoms with van der Waals surface area (Å²) >= 11 is 6.36. The fourth-order valence-corrected chi connectivity index (χ4v) is 3.40. The molecule has 2 atom stereocenters. The standard InChI is InChI=1S/C15H26ClN3O/c1-3-7-17-13-6-4-5-12(10-13)15-14(16)11-18-19(15)8-9-20-2/h11-13,17H,3-10H2,1-2H3. The average molecular weight is 300 g/mol. The highest BCUT2D eigenvalue weighted by molar-refractivity contribution is 6.31. The Morgan fingerprint density at radius 3 is 3.10 bits per heavy atom. The minimum atomic E-state index is 0.518. The predicted octanol–water partition coefficient (Wildman–Crippen LogP) is 3.21. The molecule has 0 aliphatic heterocycles. The molecule has 0 aromatic carbocycles. The van der Waals surface area contributed by atoms with Crippen molar-refractivity contribution in [2.75, 3.05) is 20.3 Å². The summed E-state index contributed by atoms with van der Waals surface area (Å²) in [5.41, 5.74) is 1.20. The monoisotopic (exact) mass is 299 g/mol. The van der Waals surface area contributed by atoms with Crippen LogP contribution in [-0.4, -0.2) is 36.1 Å². The van der Waals surface area contributed by atoms with Gasteiger partial charge in [0.25, 0.3) is 0 Å². The van der Waals surface area contributed by atoms with Gasteiger partial charge in [0.05, 0.1) is 30.1 Å². The lowest BCUT2D eigenvalue weighted by molar-refractivity contribution is 0.181. The van der Waals surface area contributed by atoms with Crippen LogP contribution in [0.15, 0.2) is 6.20 Å². The highest BCUT2D eigenvalue weighted by atomic mass is 35.5. The van der Waals surface area contributed by atoms with Crippen LogP contribution in [0.1, 0.15) is 50.6 Å². The highest BCUT2D eigenvalue weighted by Crippen LogP contribution is 2.36. The van der Waals surface area contributed by atoms with Crippen molar-refractivity contribution in [1.29, 1.82) is 0 Å². The van der Waals surface area contributed by atoms with Crippen LogP contribution in [-0.2, 0) is 11.3 Å². The Kier molecular flexibility index (Phi) is 6.33. The van der Waals surface area contributed by atoms with Crippen LogP contribution in [0.2, 0.25) is 5.02 Å². The summed E-state index contributed by atoms with van der Waals surface area (Å²) in [7, 11) is 1.72. The number of nitrogens with one attached hydrogen (secondary N) is 1. The Hall–Kier alpha value is -0.580. The molecule has 1 heterocycles. The van der Waals surface area contributed by atoms with Crippen molar-refractivity contribution in [3.63, 3.8) is 0 Å². The van der Waals surface area contributed by atoms with Crippen LogP contribution in [0.25, 0.3) is 0 Å². The zero-order chi connectivity index (χ0) is 14.4. The second-order valence-electron chi connectivity index (χ2n) is 5.61. The second kappa shape index (κ2) is 8.01. The minimum Gasteiger partial charge on any atom is -0.383 e. The van der Waals surface area contributed by atoms with Crippen LogP contribution in [0, 0.1) is 0 Å². The summed E-state index contributed by atoms with van der Waals surface area (Å²) in [6, 6.07) is 0.621. The van der Waals surface area contributed by atoms with Crippen molar-refractivity contribution in [2.45, 2.75) is 57.5 Å². The summed E-state index contributed by atoms with van der Waals surface area (Å²) in [4.78, 5) is 0. The fourth-order valence-electron chi connectivity index (χ4n) is 3.11. The van der Waals surface area contributed by atoms with E-state index in [2.05, 4.69) is 17.3 Å². The van der Waals surface area contributed by atoms with Gasteiger partial charge >= 0.3 is 0 Å². The van der Waals surface area contributed by atoms with Crippen molar-refractivity contribution in [2.24, 2.45) is 0 Å². The number of hydrogen-bond acceptors (Lipinski definition) is 3. The number of ether oxygens (including phenoxy) is 1. The third kappa shape index (κ3) is 3.96. The molecular weight excluding hydrogens is 274 g/mol. The molecule has 0 amide bonds. The average Bonchev–Trinajstić information content (AvgIpc) is 2.84. The molecule has 0 spiro atoms. The van der Waals surface area contributed by atoms with E-state index in [1.807, 2.05) is 4.68 Å². The number of hydrogen-bond donors (Lipinski definition) is 1. The molecular formula is C15H26ClN3O. The molecule has 20 heavy (non-hydrogen) atoms. The van der Waals surface area contributed by atoms with Gasteiger partial charge in [-0.25, -0.2) is 0 Å². The van der Waals surface area contributed by atoms with Gasteiger partial charge < -0.3 is 10.1 Å². The quantitative estimate of drug-likeness (QED) is 0.840. The number of nitrogens with zero attached hydrogens (tertiary/aromatic N) is 2. The molecule has 1 aliphatic rings. The van der Waals surface area contributed by atoms with Crippen molar-refractivity contribution in [3.8, 4) is 0 Å². The summed E-state index contributed by atoms with van der Waals surface area (Å²) in [5.74, 6) is 0.518. The van der Waals surface area contributed by atoms with E-state index in [1.54, 1.807) is 13.3 Å². The molecule has 1 N–H and O–H groups in total. The van der Waals surface area contributed by atoms with Gasteiger partial charge in [0.15, 0.2) is 0 Å². The SMILES string of the molecule is CCCNC1CCCC(c2c(Cl)cnn2CCOC)C1. The highest BCUT2D eigenvalue weighted by Gasteiger charge is 2.27. The Morgan fingerprint density at radius 2 is 2.35 bits per heavy atom. The maximum Gasteiger partial charge on any atom is 0.0820 e. The molecule has 0 bridgehead atoms. The van der Waals surface area contributed by atoms with Crippen LogP contribution < -0.4 is 5.32 Å². The zero-order valence-electron chi connectivity index (χ0n) is 12.6. The molecule has 1 aromatic heterocycles. The van der Waals surface area contributed by atoms with Crippen molar-refractivity contribution in [1.82, 2.24) is 15.1 Å². The Balaban J connectivity index is 2.04. The van der Waals surface area contributed by atoms with Gasteiger partial charge in [-0.3, -0.25) is 4.68 Å². The van der Waals surface area contributed by atoms with E-state index in [1.165, 1.54) is 37.8 Å². The lowest BCUT2D eigenvalue weighted by Gasteiger charge is -2.30. The van der Waals surface area contributed by atoms with Gasteiger partial charge in [-0.1, -0.05) is 24.9 Å². The van der Waals surface area contributed by atoms with Crippen molar-refractivity contribution >= 4 is 11.6 Å². The molecule has 1 aliphatic carbocycles. The van der Waals surface area contributed by atoms with Crippen LogP contribution in [0.3, 0.4) is 0 Å². The number of halogens is 1. The number of methoxy groups -OCH3 is 1. The molecule has 0 radical (unpaired) electrons. The van der Waals surface area contributed by atoms with Crippen molar-refractivity contribution < 1.29 is 4.74 Å². The smallest absolute Gasteiger partial charge is 0.0820 e. The zero-order valence-corrected chi connectivity index (χ0v) is 13.3. The van der Waals surface area contributed by atoms with E-state index >= 15 is 0 Å². The van der Waals surface area contributed by atoms with Crippen LogP contribution in [0.5, 0.6) is 0 Å². The fraction of sp³-hybridized carbons (Fsp3) is 0.800. The number of aromatic nitrogens is 2. The molecule has 1 fully saturated rings. The Morgan fingerprint density at radius 1 is 1.50 bits per heavy atom. The van der Waals surface area contributed by atoms with Gasteiger partial charge in [-0.2, -0.15) is 5.10 Å². The van der Waals surface area contributed by atoms with Gasteiger partial charge in [-0.15, -0.1) is 0 Å². The molecule has 1 aromatic rings. The first-order valence-electron chi connectivity index (χ1n) is 7.69. The third-order valence-electron chi connectivity index (χ3n) is 4.08. The molecule has 2 rings (SSSR count). The lowest BCUT2D eigenvalue weighted by atomic mass is 9.83. The molecule has 1 saturated carbocycles.